The summed E-state index contributed by atoms with van der Waals surface area (Å²) in [6, 6.07) is 5.42. The van der Waals surface area contributed by atoms with E-state index in [1.165, 1.54) is 40.9 Å². The number of thioether (sulfide) groups is 1. The van der Waals surface area contributed by atoms with E-state index in [4.69, 9.17) is 0 Å². The minimum absolute atomic E-state index is 0.102. The van der Waals surface area contributed by atoms with Crippen LogP contribution in [-0.4, -0.2) is 50.8 Å². The number of carbonyl (C=O) groups is 2. The molecule has 1 aromatic heterocycles. The summed E-state index contributed by atoms with van der Waals surface area (Å²) in [6.45, 7) is 5.97. The molecule has 0 spiro atoms. The van der Waals surface area contributed by atoms with Crippen LogP contribution in [-0.2, 0) is 16.1 Å². The number of benzene rings is 1. The number of anilines is 1. The van der Waals surface area contributed by atoms with Crippen LogP contribution in [0.4, 0.5) is 10.1 Å². The number of aryl methyl sites for hydroxylation is 1. The Bertz CT molecular complexity index is 791. The van der Waals surface area contributed by atoms with E-state index < -0.39 is 0 Å². The van der Waals surface area contributed by atoms with Gasteiger partial charge in [-0.2, -0.15) is 0 Å². The molecule has 9 heteroatoms. The van der Waals surface area contributed by atoms with E-state index in [1.54, 1.807) is 13.1 Å². The zero-order valence-corrected chi connectivity index (χ0v) is 15.4. The van der Waals surface area contributed by atoms with Crippen LogP contribution in [0.1, 0.15) is 5.82 Å². The van der Waals surface area contributed by atoms with Crippen LogP contribution in [0.2, 0.25) is 0 Å². The summed E-state index contributed by atoms with van der Waals surface area (Å²) in [7, 11) is 1.55. The number of nitrogens with one attached hydrogen (secondary N) is 1. The largest absolute Gasteiger partial charge is 0.336 e. The number of amides is 2. The molecule has 1 aromatic carbocycles. The smallest absolute Gasteiger partial charge is 0.243 e. The molecular weight excluding hydrogens is 357 g/mol. The molecule has 0 fully saturated rings. The number of hydrogen-bond acceptors (Lipinski definition) is 5. The van der Waals surface area contributed by atoms with Gasteiger partial charge in [-0.25, -0.2) is 4.39 Å². The summed E-state index contributed by atoms with van der Waals surface area (Å²) >= 11 is 1.25. The highest BCUT2D eigenvalue weighted by Gasteiger charge is 2.16. The Balaban J connectivity index is 1.84. The lowest BCUT2D eigenvalue weighted by Gasteiger charge is -2.16. The second kappa shape index (κ2) is 9.14. The maximum atomic E-state index is 12.9. The minimum atomic E-state index is -0.383. The molecule has 1 N–H and O–H groups in total. The van der Waals surface area contributed by atoms with Crippen molar-refractivity contribution in [3.63, 3.8) is 0 Å². The number of aromatic nitrogens is 3. The molecule has 0 bridgehead atoms. The predicted octanol–water partition coefficient (Wildman–Crippen LogP) is 2.10. The Morgan fingerprint density at radius 2 is 2.04 bits per heavy atom. The van der Waals surface area contributed by atoms with Gasteiger partial charge < -0.3 is 14.8 Å². The molecule has 0 saturated heterocycles. The first-order valence-corrected chi connectivity index (χ1v) is 8.82. The van der Waals surface area contributed by atoms with Gasteiger partial charge in [0.05, 0.1) is 12.3 Å². The molecule has 0 atom stereocenters. The van der Waals surface area contributed by atoms with E-state index >= 15 is 0 Å². The van der Waals surface area contributed by atoms with Gasteiger partial charge in [0.1, 0.15) is 11.6 Å². The van der Waals surface area contributed by atoms with Gasteiger partial charge in [-0.15, -0.1) is 16.8 Å². The highest BCUT2D eigenvalue weighted by molar-refractivity contribution is 7.99. The molecule has 26 heavy (non-hydrogen) atoms. The van der Waals surface area contributed by atoms with Gasteiger partial charge >= 0.3 is 0 Å². The zero-order chi connectivity index (χ0) is 19.1. The quantitative estimate of drug-likeness (QED) is 0.563. The first-order chi connectivity index (χ1) is 12.4. The third kappa shape index (κ3) is 5.41. The topological polar surface area (TPSA) is 80.1 Å². The van der Waals surface area contributed by atoms with Crippen molar-refractivity contribution < 1.29 is 14.0 Å². The molecule has 0 aliphatic rings. The van der Waals surface area contributed by atoms with E-state index in [-0.39, 0.29) is 29.9 Å². The van der Waals surface area contributed by atoms with Crippen LogP contribution in [0.3, 0.4) is 0 Å². The van der Waals surface area contributed by atoms with E-state index in [2.05, 4.69) is 22.1 Å². The lowest BCUT2D eigenvalue weighted by Crippen LogP contribution is -2.36. The van der Waals surface area contributed by atoms with Crippen LogP contribution in [0.5, 0.6) is 0 Å². The summed E-state index contributed by atoms with van der Waals surface area (Å²) in [6.07, 6.45) is 1.73. The molecule has 2 amide bonds. The maximum Gasteiger partial charge on any atom is 0.243 e. The number of hydrogen-bond donors (Lipinski definition) is 1. The summed E-state index contributed by atoms with van der Waals surface area (Å²) in [5, 5.41) is 11.3. The molecule has 0 unspecified atom stereocenters. The number of rotatable bonds is 8. The Morgan fingerprint density at radius 1 is 1.35 bits per heavy atom. The number of carbonyl (C=O) groups excluding carboxylic acids is 2. The SMILES string of the molecule is C=CCn1c(C)nnc1SCC(=O)N(C)CC(=O)Nc1ccc(F)cc1. The van der Waals surface area contributed by atoms with Crippen molar-refractivity contribution in [3.05, 3.63) is 48.6 Å². The third-order valence-corrected chi connectivity index (χ3v) is 4.42. The highest BCUT2D eigenvalue weighted by Crippen LogP contribution is 2.17. The normalized spacial score (nSPS) is 10.4. The summed E-state index contributed by atoms with van der Waals surface area (Å²) in [4.78, 5) is 25.5. The third-order valence-electron chi connectivity index (χ3n) is 3.47. The minimum Gasteiger partial charge on any atom is -0.336 e. The van der Waals surface area contributed by atoms with Gasteiger partial charge in [0, 0.05) is 19.3 Å². The Labute approximate surface area is 155 Å². The zero-order valence-electron chi connectivity index (χ0n) is 14.6. The van der Waals surface area contributed by atoms with Crippen LogP contribution in [0, 0.1) is 12.7 Å². The Morgan fingerprint density at radius 3 is 2.69 bits per heavy atom. The van der Waals surface area contributed by atoms with E-state index in [0.29, 0.717) is 17.4 Å². The van der Waals surface area contributed by atoms with Crippen molar-refractivity contribution in [1.82, 2.24) is 19.7 Å². The predicted molar refractivity (Wildman–Crippen MR) is 98.3 cm³/mol. The van der Waals surface area contributed by atoms with Crippen LogP contribution in [0.25, 0.3) is 0 Å². The van der Waals surface area contributed by atoms with E-state index in [1.807, 2.05) is 11.5 Å². The number of allylic oxidation sites excluding steroid dienone is 1. The second-order valence-electron chi connectivity index (χ2n) is 5.52. The lowest BCUT2D eigenvalue weighted by molar-refractivity contribution is -0.131. The van der Waals surface area contributed by atoms with Crippen LogP contribution < -0.4 is 5.32 Å². The van der Waals surface area contributed by atoms with Crippen molar-refractivity contribution in [1.29, 1.82) is 0 Å². The van der Waals surface area contributed by atoms with Gasteiger partial charge in [0.25, 0.3) is 0 Å². The van der Waals surface area contributed by atoms with E-state index in [0.717, 1.165) is 5.82 Å². The molecule has 0 radical (unpaired) electrons. The van der Waals surface area contributed by atoms with Gasteiger partial charge in [-0.3, -0.25) is 9.59 Å². The van der Waals surface area contributed by atoms with E-state index in [9.17, 15) is 14.0 Å². The molecule has 7 nitrogen and oxygen atoms in total. The summed E-state index contributed by atoms with van der Waals surface area (Å²) in [5.74, 6) is -0.0766. The molecule has 0 aliphatic carbocycles. The van der Waals surface area contributed by atoms with Crippen LogP contribution >= 0.6 is 11.8 Å². The Hall–Kier alpha value is -2.68. The average molecular weight is 377 g/mol. The molecule has 138 valence electrons. The molecule has 1 heterocycles. The van der Waals surface area contributed by atoms with Crippen LogP contribution in [0.15, 0.2) is 42.1 Å². The van der Waals surface area contributed by atoms with Gasteiger partial charge in [0.2, 0.25) is 11.8 Å². The highest BCUT2D eigenvalue weighted by atomic mass is 32.2. The molecule has 2 rings (SSSR count). The fraction of sp³-hybridized carbons (Fsp3) is 0.294. The maximum absolute atomic E-state index is 12.9. The lowest BCUT2D eigenvalue weighted by atomic mass is 10.3. The van der Waals surface area contributed by atoms with Crippen molar-refractivity contribution >= 4 is 29.3 Å². The van der Waals surface area contributed by atoms with Crippen molar-refractivity contribution in [3.8, 4) is 0 Å². The number of halogens is 1. The summed E-state index contributed by atoms with van der Waals surface area (Å²) in [5.41, 5.74) is 0.472. The van der Waals surface area contributed by atoms with Crippen molar-refractivity contribution in [2.45, 2.75) is 18.6 Å². The van der Waals surface area contributed by atoms with Crippen molar-refractivity contribution in [2.75, 3.05) is 24.7 Å². The fourth-order valence-electron chi connectivity index (χ4n) is 2.08. The van der Waals surface area contributed by atoms with Gasteiger partial charge in [-0.1, -0.05) is 17.8 Å². The standard InChI is InChI=1S/C17H20FN5O2S/c1-4-9-23-12(2)20-21-17(23)26-11-16(25)22(3)10-15(24)19-14-7-5-13(18)6-8-14/h4-8H,1,9-11H2,2-3H3,(H,19,24). The molecule has 2 aromatic rings. The number of nitrogens with zero attached hydrogens (tertiary/aromatic N) is 4. The van der Waals surface area contributed by atoms with Gasteiger partial charge in [-0.05, 0) is 31.2 Å². The summed E-state index contributed by atoms with van der Waals surface area (Å²) < 4.78 is 14.7. The first kappa shape index (κ1) is 19.6. The monoisotopic (exact) mass is 377 g/mol. The molecule has 0 saturated carbocycles. The molecule has 0 aliphatic heterocycles. The van der Waals surface area contributed by atoms with Crippen molar-refractivity contribution in [2.24, 2.45) is 0 Å². The second-order valence-corrected chi connectivity index (χ2v) is 6.47. The van der Waals surface area contributed by atoms with Gasteiger partial charge in [0.15, 0.2) is 5.16 Å². The number of likely N-dealkylation sites (N-methyl/N-ethyl adjacent to an activating group) is 1. The molecular formula is C17H20FN5O2S. The fourth-order valence-corrected chi connectivity index (χ4v) is 3.02. The first-order valence-electron chi connectivity index (χ1n) is 7.83. The average Bonchev–Trinajstić information content (AvgIpc) is 2.95. The Kier molecular flexibility index (Phi) is 6.90.